The summed E-state index contributed by atoms with van der Waals surface area (Å²) < 4.78 is 0.705. The lowest BCUT2D eigenvalue weighted by molar-refractivity contribution is 0.457. The fraction of sp³-hybridized carbons (Fsp3) is 0.400. The Balaban J connectivity index is 3.33. The number of benzene rings is 1. The van der Waals surface area contributed by atoms with E-state index in [4.69, 9.17) is 11.5 Å². The minimum atomic E-state index is -0.314. The van der Waals surface area contributed by atoms with E-state index in [1.807, 2.05) is 19.9 Å². The summed E-state index contributed by atoms with van der Waals surface area (Å²) in [6.45, 7) is 4.24. The van der Waals surface area contributed by atoms with Gasteiger partial charge in [-0.2, -0.15) is 0 Å². The lowest BCUT2D eigenvalue weighted by atomic mass is 10.0. The van der Waals surface area contributed by atoms with Crippen molar-refractivity contribution in [3.63, 3.8) is 0 Å². The largest absolute Gasteiger partial charge is 0.506 e. The van der Waals surface area contributed by atoms with Gasteiger partial charge in [0.05, 0.1) is 4.47 Å². The normalized spacial score (nSPS) is 12.9. The molecular weight excluding hydrogens is 244 g/mol. The molecule has 14 heavy (non-hydrogen) atoms. The molecule has 0 saturated heterocycles. The second-order valence-corrected chi connectivity index (χ2v) is 4.21. The van der Waals surface area contributed by atoms with Crippen LogP contribution in [0.4, 0.5) is 0 Å². The summed E-state index contributed by atoms with van der Waals surface area (Å²) in [7, 11) is 0. The minimum absolute atomic E-state index is 0.200. The maximum Gasteiger partial charge on any atom is 0.134 e. The predicted octanol–water partition coefficient (Wildman–Crippen LogP) is 1.73. The Kier molecular flexibility index (Phi) is 3.53. The van der Waals surface area contributed by atoms with E-state index in [2.05, 4.69) is 15.9 Å². The van der Waals surface area contributed by atoms with Crippen LogP contribution in [0.2, 0.25) is 0 Å². The monoisotopic (exact) mass is 258 g/mol. The van der Waals surface area contributed by atoms with E-state index in [0.717, 1.165) is 11.1 Å². The predicted molar refractivity (Wildman–Crippen MR) is 61.3 cm³/mol. The van der Waals surface area contributed by atoms with E-state index in [1.165, 1.54) is 0 Å². The molecular formula is C10H15BrN2O. The van der Waals surface area contributed by atoms with Crippen LogP contribution in [0.1, 0.15) is 22.7 Å². The van der Waals surface area contributed by atoms with E-state index in [-0.39, 0.29) is 11.8 Å². The van der Waals surface area contributed by atoms with Crippen LogP contribution < -0.4 is 11.5 Å². The molecule has 1 atom stereocenters. The first-order valence-electron chi connectivity index (χ1n) is 4.43. The van der Waals surface area contributed by atoms with Crippen LogP contribution in [0.15, 0.2) is 10.5 Å². The molecule has 0 aliphatic heterocycles. The number of rotatable bonds is 2. The first-order valence-corrected chi connectivity index (χ1v) is 5.22. The summed E-state index contributed by atoms with van der Waals surface area (Å²) in [5, 5.41) is 9.82. The highest BCUT2D eigenvalue weighted by molar-refractivity contribution is 9.10. The number of hydrogen-bond donors (Lipinski definition) is 3. The van der Waals surface area contributed by atoms with Gasteiger partial charge in [-0.15, -0.1) is 0 Å². The molecule has 0 heterocycles. The zero-order chi connectivity index (χ0) is 10.9. The van der Waals surface area contributed by atoms with Crippen LogP contribution in [-0.2, 0) is 0 Å². The molecule has 1 rings (SSSR count). The molecule has 1 aromatic rings. The zero-order valence-corrected chi connectivity index (χ0v) is 9.93. The summed E-state index contributed by atoms with van der Waals surface area (Å²) in [5.41, 5.74) is 14.0. The molecule has 0 aromatic heterocycles. The molecule has 0 aliphatic rings. The fourth-order valence-corrected chi connectivity index (χ4v) is 1.84. The van der Waals surface area contributed by atoms with Crippen LogP contribution in [-0.4, -0.2) is 11.7 Å². The Bertz CT molecular complexity index is 352. The van der Waals surface area contributed by atoms with Crippen molar-refractivity contribution in [2.75, 3.05) is 6.54 Å². The van der Waals surface area contributed by atoms with Crippen LogP contribution in [0.25, 0.3) is 0 Å². The van der Waals surface area contributed by atoms with Gasteiger partial charge in [0.2, 0.25) is 0 Å². The zero-order valence-electron chi connectivity index (χ0n) is 8.34. The van der Waals surface area contributed by atoms with Gasteiger partial charge in [0, 0.05) is 18.2 Å². The Morgan fingerprint density at radius 2 is 2.07 bits per heavy atom. The van der Waals surface area contributed by atoms with Gasteiger partial charge in [0.1, 0.15) is 5.75 Å². The van der Waals surface area contributed by atoms with Gasteiger partial charge in [-0.25, -0.2) is 0 Å². The summed E-state index contributed by atoms with van der Waals surface area (Å²) in [6.07, 6.45) is 0. The average molecular weight is 259 g/mol. The van der Waals surface area contributed by atoms with Crippen molar-refractivity contribution >= 4 is 15.9 Å². The first-order chi connectivity index (χ1) is 6.49. The molecule has 0 spiro atoms. The topological polar surface area (TPSA) is 72.3 Å². The Morgan fingerprint density at radius 1 is 1.50 bits per heavy atom. The van der Waals surface area contributed by atoms with E-state index in [1.54, 1.807) is 0 Å². The molecule has 4 heteroatoms. The molecule has 0 fully saturated rings. The van der Waals surface area contributed by atoms with Crippen molar-refractivity contribution in [3.8, 4) is 5.75 Å². The summed E-state index contributed by atoms with van der Waals surface area (Å²) in [4.78, 5) is 0. The Labute approximate surface area is 92.2 Å². The SMILES string of the molecule is Cc1cc([C@H](N)CN)c(O)c(Br)c1C. The van der Waals surface area contributed by atoms with Crippen molar-refractivity contribution in [2.45, 2.75) is 19.9 Å². The van der Waals surface area contributed by atoms with Crippen LogP contribution >= 0.6 is 15.9 Å². The second kappa shape index (κ2) is 4.29. The van der Waals surface area contributed by atoms with Crippen LogP contribution in [0, 0.1) is 13.8 Å². The molecule has 0 aliphatic carbocycles. The summed E-state index contributed by atoms with van der Waals surface area (Å²) in [6, 6.07) is 1.57. The highest BCUT2D eigenvalue weighted by atomic mass is 79.9. The third kappa shape index (κ3) is 1.92. The van der Waals surface area contributed by atoms with Crippen molar-refractivity contribution in [1.29, 1.82) is 0 Å². The Morgan fingerprint density at radius 3 is 2.57 bits per heavy atom. The average Bonchev–Trinajstić information content (AvgIpc) is 2.19. The van der Waals surface area contributed by atoms with Crippen molar-refractivity contribution in [3.05, 3.63) is 27.2 Å². The maximum absolute atomic E-state index is 9.82. The maximum atomic E-state index is 9.82. The first kappa shape index (κ1) is 11.5. The third-order valence-electron chi connectivity index (χ3n) is 2.43. The fourth-order valence-electron chi connectivity index (χ4n) is 1.30. The van der Waals surface area contributed by atoms with E-state index in [0.29, 0.717) is 16.6 Å². The number of halogens is 1. The van der Waals surface area contributed by atoms with Crippen molar-refractivity contribution in [2.24, 2.45) is 11.5 Å². The minimum Gasteiger partial charge on any atom is -0.506 e. The summed E-state index contributed by atoms with van der Waals surface area (Å²) >= 11 is 3.33. The number of phenols is 1. The lowest BCUT2D eigenvalue weighted by Gasteiger charge is -2.15. The lowest BCUT2D eigenvalue weighted by Crippen LogP contribution is -2.21. The number of phenolic OH excluding ortho intramolecular Hbond substituents is 1. The molecule has 0 radical (unpaired) electrons. The van der Waals surface area contributed by atoms with Gasteiger partial charge in [-0.3, -0.25) is 0 Å². The van der Waals surface area contributed by atoms with Gasteiger partial charge in [0.15, 0.2) is 0 Å². The van der Waals surface area contributed by atoms with Gasteiger partial charge in [-0.05, 0) is 40.9 Å². The third-order valence-corrected chi connectivity index (χ3v) is 3.40. The summed E-state index contributed by atoms with van der Waals surface area (Å²) in [5.74, 6) is 0.200. The molecule has 78 valence electrons. The van der Waals surface area contributed by atoms with Crippen molar-refractivity contribution < 1.29 is 5.11 Å². The molecule has 5 N–H and O–H groups in total. The molecule has 3 nitrogen and oxygen atoms in total. The number of nitrogens with two attached hydrogens (primary N) is 2. The van der Waals surface area contributed by atoms with Gasteiger partial charge in [-0.1, -0.05) is 6.07 Å². The second-order valence-electron chi connectivity index (χ2n) is 3.41. The standard InChI is InChI=1S/C10H15BrN2O/c1-5-3-7(8(13)4-12)10(14)9(11)6(5)2/h3,8,14H,4,12-13H2,1-2H3/t8-/m1/s1. The number of hydrogen-bond acceptors (Lipinski definition) is 3. The van der Waals surface area contributed by atoms with Gasteiger partial charge < -0.3 is 16.6 Å². The molecule has 1 aromatic carbocycles. The number of aryl methyl sites for hydroxylation is 1. The molecule has 0 bridgehead atoms. The highest BCUT2D eigenvalue weighted by Gasteiger charge is 2.15. The van der Waals surface area contributed by atoms with E-state index >= 15 is 0 Å². The number of aromatic hydroxyl groups is 1. The van der Waals surface area contributed by atoms with E-state index < -0.39 is 0 Å². The van der Waals surface area contributed by atoms with Crippen molar-refractivity contribution in [1.82, 2.24) is 0 Å². The van der Waals surface area contributed by atoms with E-state index in [9.17, 15) is 5.11 Å². The Hall–Kier alpha value is -0.580. The molecule has 0 unspecified atom stereocenters. The molecule has 0 saturated carbocycles. The molecule has 0 amide bonds. The highest BCUT2D eigenvalue weighted by Crippen LogP contribution is 2.35. The van der Waals surface area contributed by atoms with Crippen LogP contribution in [0.3, 0.4) is 0 Å². The van der Waals surface area contributed by atoms with Crippen LogP contribution in [0.5, 0.6) is 5.75 Å². The quantitative estimate of drug-likeness (QED) is 0.757. The van der Waals surface area contributed by atoms with Gasteiger partial charge in [0.25, 0.3) is 0 Å². The van der Waals surface area contributed by atoms with Gasteiger partial charge >= 0.3 is 0 Å². The smallest absolute Gasteiger partial charge is 0.134 e.